The second-order valence-electron chi connectivity index (χ2n) is 4.84. The minimum absolute atomic E-state index is 0.822. The van der Waals surface area contributed by atoms with Gasteiger partial charge in [0.25, 0.3) is 0 Å². The van der Waals surface area contributed by atoms with Crippen LogP contribution < -0.4 is 0 Å². The highest BCUT2D eigenvalue weighted by molar-refractivity contribution is 9.09. The molecule has 0 aromatic carbocycles. The third kappa shape index (κ3) is 3.54. The Labute approximate surface area is 95.7 Å². The van der Waals surface area contributed by atoms with Gasteiger partial charge in [-0.15, -0.1) is 0 Å². The highest BCUT2D eigenvalue weighted by Gasteiger charge is 2.28. The van der Waals surface area contributed by atoms with Gasteiger partial charge in [-0.3, -0.25) is 0 Å². The van der Waals surface area contributed by atoms with E-state index >= 15 is 0 Å². The van der Waals surface area contributed by atoms with E-state index < -0.39 is 0 Å². The lowest BCUT2D eigenvalue weighted by atomic mass is 9.93. The second-order valence-corrected chi connectivity index (χ2v) is 6.02. The molecule has 82 valence electrons. The Balaban J connectivity index is 1.52. The van der Waals surface area contributed by atoms with E-state index in [9.17, 15) is 0 Å². The lowest BCUT2D eigenvalue weighted by Gasteiger charge is -2.22. The molecule has 1 saturated carbocycles. The zero-order valence-electron chi connectivity index (χ0n) is 8.88. The average molecular weight is 261 g/mol. The molecule has 0 radical (unpaired) electrons. The largest absolute Gasteiger partial charge is 0.381 e. The molecule has 0 amide bonds. The summed E-state index contributed by atoms with van der Waals surface area (Å²) < 4.78 is 5.37. The highest BCUT2D eigenvalue weighted by atomic mass is 79.9. The van der Waals surface area contributed by atoms with Gasteiger partial charge in [-0.25, -0.2) is 0 Å². The summed E-state index contributed by atoms with van der Waals surface area (Å²) in [6.07, 6.45) is 9.77. The molecule has 2 fully saturated rings. The standard InChI is InChI=1S/C12H21BrO/c13-12(11-4-5-11)3-1-2-10-6-8-14-9-7-10/h10-12H,1-9H2. The lowest BCUT2D eigenvalue weighted by molar-refractivity contribution is 0.0631. The first-order valence-corrected chi connectivity index (χ1v) is 6.99. The van der Waals surface area contributed by atoms with Crippen molar-refractivity contribution in [3.63, 3.8) is 0 Å². The Hall–Kier alpha value is 0.440. The van der Waals surface area contributed by atoms with Crippen molar-refractivity contribution in [2.75, 3.05) is 13.2 Å². The van der Waals surface area contributed by atoms with Gasteiger partial charge in [0, 0.05) is 18.0 Å². The van der Waals surface area contributed by atoms with Crippen molar-refractivity contribution in [1.82, 2.24) is 0 Å². The van der Waals surface area contributed by atoms with Crippen LogP contribution in [0.25, 0.3) is 0 Å². The van der Waals surface area contributed by atoms with Gasteiger partial charge in [-0.2, -0.15) is 0 Å². The third-order valence-electron chi connectivity index (χ3n) is 3.57. The van der Waals surface area contributed by atoms with Crippen molar-refractivity contribution in [1.29, 1.82) is 0 Å². The van der Waals surface area contributed by atoms with Crippen molar-refractivity contribution in [2.24, 2.45) is 11.8 Å². The molecule has 2 rings (SSSR count). The van der Waals surface area contributed by atoms with Crippen LogP contribution in [0.15, 0.2) is 0 Å². The van der Waals surface area contributed by atoms with Crippen LogP contribution in [0.3, 0.4) is 0 Å². The van der Waals surface area contributed by atoms with E-state index in [0.29, 0.717) is 0 Å². The number of alkyl halides is 1. The molecule has 1 aliphatic carbocycles. The summed E-state index contributed by atoms with van der Waals surface area (Å²) in [6.45, 7) is 2.01. The second kappa shape index (κ2) is 5.50. The number of rotatable bonds is 5. The van der Waals surface area contributed by atoms with Crippen LogP contribution in [0.5, 0.6) is 0 Å². The first-order chi connectivity index (χ1) is 6.86. The van der Waals surface area contributed by atoms with E-state index in [1.165, 1.54) is 44.9 Å². The molecular formula is C12H21BrO. The van der Waals surface area contributed by atoms with Crippen molar-refractivity contribution < 1.29 is 4.74 Å². The number of ether oxygens (including phenoxy) is 1. The van der Waals surface area contributed by atoms with E-state index in [0.717, 1.165) is 29.9 Å². The molecule has 1 atom stereocenters. The fourth-order valence-corrected chi connectivity index (χ4v) is 3.18. The van der Waals surface area contributed by atoms with Gasteiger partial charge in [0.1, 0.15) is 0 Å². The normalized spacial score (nSPS) is 26.4. The maximum absolute atomic E-state index is 5.37. The maximum Gasteiger partial charge on any atom is 0.0468 e. The number of hydrogen-bond acceptors (Lipinski definition) is 1. The first-order valence-electron chi connectivity index (χ1n) is 6.08. The maximum atomic E-state index is 5.37. The van der Waals surface area contributed by atoms with Crippen molar-refractivity contribution in [2.45, 2.75) is 49.8 Å². The van der Waals surface area contributed by atoms with Crippen LogP contribution in [0.2, 0.25) is 0 Å². The Kier molecular flexibility index (Phi) is 4.30. The summed E-state index contributed by atoms with van der Waals surface area (Å²) in [5.41, 5.74) is 0. The van der Waals surface area contributed by atoms with Crippen LogP contribution in [-0.2, 0) is 4.74 Å². The highest BCUT2D eigenvalue weighted by Crippen LogP contribution is 2.39. The smallest absolute Gasteiger partial charge is 0.0468 e. The molecule has 1 saturated heterocycles. The Bertz CT molecular complexity index is 162. The van der Waals surface area contributed by atoms with Crippen molar-refractivity contribution in [3.8, 4) is 0 Å². The predicted molar refractivity (Wildman–Crippen MR) is 62.8 cm³/mol. The first kappa shape index (κ1) is 10.9. The lowest BCUT2D eigenvalue weighted by Crippen LogP contribution is -2.15. The fourth-order valence-electron chi connectivity index (χ4n) is 2.33. The molecule has 0 spiro atoms. The SMILES string of the molecule is BrC(CCCC1CCOCC1)C1CC1. The molecule has 1 heterocycles. The molecule has 0 N–H and O–H groups in total. The van der Waals surface area contributed by atoms with Crippen LogP contribution >= 0.6 is 15.9 Å². The number of halogens is 1. The van der Waals surface area contributed by atoms with Gasteiger partial charge in [-0.05, 0) is 43.9 Å². The molecule has 0 aromatic heterocycles. The summed E-state index contributed by atoms with van der Waals surface area (Å²) in [7, 11) is 0. The van der Waals surface area contributed by atoms with E-state index in [-0.39, 0.29) is 0 Å². The fraction of sp³-hybridized carbons (Fsp3) is 1.00. The third-order valence-corrected chi connectivity index (χ3v) is 4.77. The van der Waals surface area contributed by atoms with Gasteiger partial charge in [0.2, 0.25) is 0 Å². The average Bonchev–Trinajstić information content (AvgIpc) is 3.02. The molecule has 0 aromatic rings. The molecule has 2 heteroatoms. The van der Waals surface area contributed by atoms with E-state index in [1.807, 2.05) is 0 Å². The van der Waals surface area contributed by atoms with Crippen LogP contribution in [-0.4, -0.2) is 18.0 Å². The summed E-state index contributed by atoms with van der Waals surface area (Å²) in [5.74, 6) is 1.98. The molecule has 0 bridgehead atoms. The van der Waals surface area contributed by atoms with Gasteiger partial charge < -0.3 is 4.74 Å². The van der Waals surface area contributed by atoms with E-state index in [1.54, 1.807) is 0 Å². The van der Waals surface area contributed by atoms with E-state index in [2.05, 4.69) is 15.9 Å². The van der Waals surface area contributed by atoms with Crippen molar-refractivity contribution >= 4 is 15.9 Å². The molecule has 1 aliphatic heterocycles. The van der Waals surface area contributed by atoms with Gasteiger partial charge in [0.15, 0.2) is 0 Å². The van der Waals surface area contributed by atoms with Gasteiger partial charge >= 0.3 is 0 Å². The summed E-state index contributed by atoms with van der Waals surface area (Å²) in [5, 5.41) is 0. The predicted octanol–water partition coefficient (Wildman–Crippen LogP) is 3.76. The quantitative estimate of drug-likeness (QED) is 0.685. The van der Waals surface area contributed by atoms with Crippen LogP contribution in [0, 0.1) is 11.8 Å². The van der Waals surface area contributed by atoms with Crippen LogP contribution in [0.4, 0.5) is 0 Å². The molecule has 1 nitrogen and oxygen atoms in total. The van der Waals surface area contributed by atoms with E-state index in [4.69, 9.17) is 4.74 Å². The van der Waals surface area contributed by atoms with Crippen LogP contribution in [0.1, 0.15) is 44.9 Å². The number of hydrogen-bond donors (Lipinski definition) is 0. The summed E-state index contributed by atoms with van der Waals surface area (Å²) in [6, 6.07) is 0. The molecule has 14 heavy (non-hydrogen) atoms. The molecule has 1 unspecified atom stereocenters. The Morgan fingerprint density at radius 3 is 2.50 bits per heavy atom. The zero-order chi connectivity index (χ0) is 9.80. The van der Waals surface area contributed by atoms with Gasteiger partial charge in [0.05, 0.1) is 0 Å². The van der Waals surface area contributed by atoms with Crippen molar-refractivity contribution in [3.05, 3.63) is 0 Å². The van der Waals surface area contributed by atoms with Gasteiger partial charge in [-0.1, -0.05) is 28.8 Å². The Morgan fingerprint density at radius 2 is 1.86 bits per heavy atom. The topological polar surface area (TPSA) is 9.23 Å². The minimum atomic E-state index is 0.822. The summed E-state index contributed by atoms with van der Waals surface area (Å²) in [4.78, 5) is 0.822. The Morgan fingerprint density at radius 1 is 1.14 bits per heavy atom. The molecule has 2 aliphatic rings. The zero-order valence-corrected chi connectivity index (χ0v) is 10.5. The molecular weight excluding hydrogens is 240 g/mol. The minimum Gasteiger partial charge on any atom is -0.381 e. The monoisotopic (exact) mass is 260 g/mol. The summed E-state index contributed by atoms with van der Waals surface area (Å²) >= 11 is 3.81.